The third kappa shape index (κ3) is 1.14. The van der Waals surface area contributed by atoms with E-state index in [9.17, 15) is 0 Å². The van der Waals surface area contributed by atoms with Crippen LogP contribution in [0.2, 0.25) is 0 Å². The number of hydrogen-bond donors (Lipinski definition) is 0. The molecule has 0 saturated heterocycles. The van der Waals surface area contributed by atoms with Crippen molar-refractivity contribution < 1.29 is 0 Å². The van der Waals surface area contributed by atoms with Crippen LogP contribution in [-0.4, -0.2) is 14.4 Å². The summed E-state index contributed by atoms with van der Waals surface area (Å²) >= 11 is 0. The van der Waals surface area contributed by atoms with E-state index < -0.39 is 0 Å². The number of rotatable bonds is 1. The van der Waals surface area contributed by atoms with Gasteiger partial charge >= 0.3 is 0 Å². The van der Waals surface area contributed by atoms with Gasteiger partial charge in [-0.15, -0.1) is 0 Å². The monoisotopic (exact) mass is 211 g/mol. The first-order valence-corrected chi connectivity index (χ1v) is 5.52. The van der Waals surface area contributed by atoms with Crippen LogP contribution in [0.25, 0.3) is 16.6 Å². The maximum Gasteiger partial charge on any atom is 0.100 e. The van der Waals surface area contributed by atoms with Crippen LogP contribution in [-0.2, 0) is 6.42 Å². The van der Waals surface area contributed by atoms with Crippen molar-refractivity contribution in [2.75, 3.05) is 0 Å². The lowest BCUT2D eigenvalue weighted by atomic mass is 10.2. The molecule has 3 nitrogen and oxygen atoms in total. The molecule has 0 aliphatic carbocycles. The number of hydrogen-bond acceptors (Lipinski definition) is 2. The van der Waals surface area contributed by atoms with Crippen LogP contribution in [0.5, 0.6) is 0 Å². The minimum atomic E-state index is 0.931. The second-order valence-electron chi connectivity index (χ2n) is 3.95. The second-order valence-corrected chi connectivity index (χ2v) is 3.95. The summed E-state index contributed by atoms with van der Waals surface area (Å²) in [6.07, 6.45) is 2.81. The summed E-state index contributed by atoms with van der Waals surface area (Å²) in [4.78, 5) is 9.07. The first-order valence-electron chi connectivity index (χ1n) is 5.52. The van der Waals surface area contributed by atoms with Crippen molar-refractivity contribution in [1.82, 2.24) is 14.4 Å². The van der Waals surface area contributed by atoms with Crippen LogP contribution < -0.4 is 0 Å². The van der Waals surface area contributed by atoms with Crippen LogP contribution in [0.3, 0.4) is 0 Å². The molecule has 0 amide bonds. The van der Waals surface area contributed by atoms with Gasteiger partial charge in [0.25, 0.3) is 0 Å². The molecule has 0 unspecified atom stereocenters. The average molecular weight is 211 g/mol. The Balaban J connectivity index is 2.58. The minimum absolute atomic E-state index is 0.931. The van der Waals surface area contributed by atoms with Gasteiger partial charge < -0.3 is 0 Å². The van der Waals surface area contributed by atoms with Gasteiger partial charge in [-0.1, -0.05) is 19.1 Å². The maximum atomic E-state index is 4.69. The van der Waals surface area contributed by atoms with Crippen molar-refractivity contribution in [2.24, 2.45) is 0 Å². The quantitative estimate of drug-likeness (QED) is 0.619. The van der Waals surface area contributed by atoms with Gasteiger partial charge in [0, 0.05) is 0 Å². The highest BCUT2D eigenvalue weighted by Gasteiger charge is 2.09. The Hall–Kier alpha value is -1.90. The highest BCUT2D eigenvalue weighted by molar-refractivity contribution is 5.80. The van der Waals surface area contributed by atoms with E-state index in [0.717, 1.165) is 34.4 Å². The number of nitrogens with zero attached hydrogens (tertiary/aromatic N) is 3. The molecule has 16 heavy (non-hydrogen) atoms. The van der Waals surface area contributed by atoms with Crippen molar-refractivity contribution in [3.63, 3.8) is 0 Å². The Kier molecular flexibility index (Phi) is 1.93. The Bertz CT molecular complexity index is 667. The summed E-state index contributed by atoms with van der Waals surface area (Å²) in [6.45, 7) is 4.16. The van der Waals surface area contributed by atoms with Gasteiger partial charge in [0.05, 0.1) is 27.9 Å². The molecule has 3 aromatic rings. The topological polar surface area (TPSA) is 30.2 Å². The standard InChI is InChI=1S/C13H13N3/c1-3-10-13-9(2)14-8-16(13)12-7-5-4-6-11(12)15-10/h4-8H,3H2,1-2H3. The van der Waals surface area contributed by atoms with Crippen LogP contribution in [0, 0.1) is 6.92 Å². The molecule has 3 rings (SSSR count). The molecule has 2 heterocycles. The molecular weight excluding hydrogens is 198 g/mol. The van der Waals surface area contributed by atoms with Gasteiger partial charge in [0.1, 0.15) is 6.33 Å². The summed E-state index contributed by atoms with van der Waals surface area (Å²) < 4.78 is 2.14. The highest BCUT2D eigenvalue weighted by Crippen LogP contribution is 2.20. The van der Waals surface area contributed by atoms with E-state index in [4.69, 9.17) is 4.98 Å². The van der Waals surface area contributed by atoms with E-state index in [1.54, 1.807) is 0 Å². The summed E-state index contributed by atoms with van der Waals surface area (Å²) in [5.41, 5.74) is 5.48. The molecule has 1 aromatic carbocycles. The predicted molar refractivity (Wildman–Crippen MR) is 64.6 cm³/mol. The Morgan fingerprint density at radius 3 is 2.88 bits per heavy atom. The second kappa shape index (κ2) is 3.30. The number of imidazole rings is 1. The van der Waals surface area contributed by atoms with Crippen molar-refractivity contribution in [3.8, 4) is 0 Å². The lowest BCUT2D eigenvalue weighted by Gasteiger charge is -2.06. The van der Waals surface area contributed by atoms with E-state index in [-0.39, 0.29) is 0 Å². The molecule has 0 aliphatic heterocycles. The molecule has 0 bridgehead atoms. The number of aromatic nitrogens is 3. The van der Waals surface area contributed by atoms with Crippen LogP contribution >= 0.6 is 0 Å². The molecule has 0 radical (unpaired) electrons. The molecule has 3 heteroatoms. The largest absolute Gasteiger partial charge is 0.295 e. The van der Waals surface area contributed by atoms with Crippen LogP contribution in [0.15, 0.2) is 30.6 Å². The number of aryl methyl sites for hydroxylation is 2. The zero-order chi connectivity index (χ0) is 11.1. The summed E-state index contributed by atoms with van der Waals surface area (Å²) in [7, 11) is 0. The van der Waals surface area contributed by atoms with Crippen LogP contribution in [0.1, 0.15) is 18.3 Å². The van der Waals surface area contributed by atoms with E-state index in [2.05, 4.69) is 22.4 Å². The number of para-hydroxylation sites is 2. The summed E-state index contributed by atoms with van der Waals surface area (Å²) in [6, 6.07) is 8.17. The normalized spacial score (nSPS) is 11.4. The molecule has 80 valence electrons. The van der Waals surface area contributed by atoms with E-state index in [1.165, 1.54) is 0 Å². The fourth-order valence-electron chi connectivity index (χ4n) is 2.18. The van der Waals surface area contributed by atoms with Crippen molar-refractivity contribution in [2.45, 2.75) is 20.3 Å². The van der Waals surface area contributed by atoms with E-state index in [0.29, 0.717) is 0 Å². The molecule has 2 aromatic heterocycles. The predicted octanol–water partition coefficient (Wildman–Crippen LogP) is 2.75. The molecule has 0 N–H and O–H groups in total. The van der Waals surface area contributed by atoms with Gasteiger partial charge in [-0.2, -0.15) is 0 Å². The fraction of sp³-hybridized carbons (Fsp3) is 0.231. The summed E-state index contributed by atoms with van der Waals surface area (Å²) in [5.74, 6) is 0. The van der Waals surface area contributed by atoms with Gasteiger partial charge in [-0.05, 0) is 25.5 Å². The van der Waals surface area contributed by atoms with Gasteiger partial charge in [0.2, 0.25) is 0 Å². The first kappa shape index (κ1) is 9.33. The molecule has 0 fully saturated rings. The average Bonchev–Trinajstić information content (AvgIpc) is 2.71. The van der Waals surface area contributed by atoms with E-state index in [1.807, 2.05) is 31.5 Å². The Morgan fingerprint density at radius 1 is 1.25 bits per heavy atom. The Labute approximate surface area is 93.8 Å². The van der Waals surface area contributed by atoms with Gasteiger partial charge in [-0.3, -0.25) is 4.40 Å². The highest BCUT2D eigenvalue weighted by atomic mass is 15.0. The van der Waals surface area contributed by atoms with Crippen molar-refractivity contribution in [1.29, 1.82) is 0 Å². The lowest BCUT2D eigenvalue weighted by molar-refractivity contribution is 1.04. The third-order valence-corrected chi connectivity index (χ3v) is 2.96. The van der Waals surface area contributed by atoms with Gasteiger partial charge in [-0.25, -0.2) is 9.97 Å². The zero-order valence-electron chi connectivity index (χ0n) is 9.44. The third-order valence-electron chi connectivity index (χ3n) is 2.96. The maximum absolute atomic E-state index is 4.69. The SMILES string of the molecule is CCc1nc2ccccc2n2cnc(C)c12. The molecular formula is C13H13N3. The minimum Gasteiger partial charge on any atom is -0.295 e. The Morgan fingerprint density at radius 2 is 2.06 bits per heavy atom. The van der Waals surface area contributed by atoms with E-state index >= 15 is 0 Å². The van der Waals surface area contributed by atoms with Crippen molar-refractivity contribution in [3.05, 3.63) is 42.0 Å². The lowest BCUT2D eigenvalue weighted by Crippen LogP contribution is -1.97. The van der Waals surface area contributed by atoms with Gasteiger partial charge in [0.15, 0.2) is 0 Å². The molecule has 0 atom stereocenters. The summed E-state index contributed by atoms with van der Waals surface area (Å²) in [5, 5.41) is 0. The number of benzene rings is 1. The zero-order valence-corrected chi connectivity index (χ0v) is 9.44. The number of fused-ring (bicyclic) bond motifs is 3. The first-order chi connectivity index (χ1) is 7.81. The van der Waals surface area contributed by atoms with Crippen LogP contribution in [0.4, 0.5) is 0 Å². The molecule has 0 saturated carbocycles. The van der Waals surface area contributed by atoms with Crippen molar-refractivity contribution >= 4 is 16.6 Å². The smallest absolute Gasteiger partial charge is 0.100 e. The molecule has 0 spiro atoms. The fourth-order valence-corrected chi connectivity index (χ4v) is 2.18. The molecule has 0 aliphatic rings.